The Kier molecular flexibility index (Phi) is 5.63. The Labute approximate surface area is 201 Å². The van der Waals surface area contributed by atoms with E-state index in [2.05, 4.69) is 24.0 Å². The van der Waals surface area contributed by atoms with Gasteiger partial charge in [-0.2, -0.15) is 0 Å². The molecular formula is C26H24N4O3S. The summed E-state index contributed by atoms with van der Waals surface area (Å²) in [6.07, 6.45) is -0.166. The minimum Gasteiger partial charge on any atom is -0.481 e. The molecule has 0 spiro atoms. The molecule has 0 aliphatic carbocycles. The number of fused-ring (bicyclic) bond motifs is 3. The predicted octanol–water partition coefficient (Wildman–Crippen LogP) is 4.78. The Morgan fingerprint density at radius 3 is 2.47 bits per heavy atom. The predicted molar refractivity (Wildman–Crippen MR) is 132 cm³/mol. The van der Waals surface area contributed by atoms with Crippen LogP contribution in [0.5, 0.6) is 0 Å². The van der Waals surface area contributed by atoms with Crippen molar-refractivity contribution in [3.63, 3.8) is 0 Å². The molecule has 2 aromatic carbocycles. The first-order valence-electron chi connectivity index (χ1n) is 11.0. The monoisotopic (exact) mass is 472 g/mol. The topological polar surface area (TPSA) is 101 Å². The molecule has 3 heterocycles. The van der Waals surface area contributed by atoms with Gasteiger partial charge in [-0.1, -0.05) is 42.5 Å². The second kappa shape index (κ2) is 8.62. The number of aliphatic carboxylic acids is 1. The van der Waals surface area contributed by atoms with Crippen molar-refractivity contribution in [2.24, 2.45) is 4.99 Å². The van der Waals surface area contributed by atoms with Crippen LogP contribution in [0.25, 0.3) is 16.1 Å². The first kappa shape index (κ1) is 22.2. The molecule has 1 atom stereocenters. The maximum absolute atomic E-state index is 11.7. The van der Waals surface area contributed by atoms with Gasteiger partial charge in [0.15, 0.2) is 5.82 Å². The number of hydrogen-bond acceptors (Lipinski definition) is 6. The molecule has 2 N–H and O–H groups in total. The van der Waals surface area contributed by atoms with E-state index in [1.165, 1.54) is 4.88 Å². The van der Waals surface area contributed by atoms with E-state index >= 15 is 0 Å². The number of aryl methyl sites for hydroxylation is 2. The van der Waals surface area contributed by atoms with E-state index in [0.717, 1.165) is 44.1 Å². The minimum atomic E-state index is -0.933. The number of benzene rings is 2. The third-order valence-corrected chi connectivity index (χ3v) is 7.40. The van der Waals surface area contributed by atoms with Gasteiger partial charge in [0.1, 0.15) is 16.9 Å². The first-order valence-corrected chi connectivity index (χ1v) is 11.8. The van der Waals surface area contributed by atoms with Gasteiger partial charge in [-0.25, -0.2) is 0 Å². The van der Waals surface area contributed by atoms with Crippen LogP contribution in [0.4, 0.5) is 0 Å². The van der Waals surface area contributed by atoms with E-state index < -0.39 is 12.0 Å². The number of aliphatic hydroxyl groups excluding tert-OH is 1. The first-order chi connectivity index (χ1) is 16.4. The zero-order chi connectivity index (χ0) is 24.0. The molecule has 7 nitrogen and oxygen atoms in total. The van der Waals surface area contributed by atoms with E-state index in [0.29, 0.717) is 11.6 Å². The molecule has 34 heavy (non-hydrogen) atoms. The summed E-state index contributed by atoms with van der Waals surface area (Å²) < 4.78 is 1.96. The second-order valence-corrected chi connectivity index (χ2v) is 9.63. The van der Waals surface area contributed by atoms with Crippen LogP contribution in [0, 0.1) is 20.8 Å². The lowest BCUT2D eigenvalue weighted by Crippen LogP contribution is -2.10. The van der Waals surface area contributed by atoms with E-state index in [-0.39, 0.29) is 13.0 Å². The van der Waals surface area contributed by atoms with Crippen molar-refractivity contribution in [2.45, 2.75) is 39.8 Å². The highest BCUT2D eigenvalue weighted by molar-refractivity contribution is 7.15. The number of carboxylic acid groups (broad SMARTS) is 1. The fourth-order valence-electron chi connectivity index (χ4n) is 4.36. The summed E-state index contributed by atoms with van der Waals surface area (Å²) in [5.41, 5.74) is 6.71. The molecule has 0 amide bonds. The lowest BCUT2D eigenvalue weighted by molar-refractivity contribution is -0.137. The number of carboxylic acids is 1. The van der Waals surface area contributed by atoms with Crippen LogP contribution >= 0.6 is 11.3 Å². The number of aromatic nitrogens is 3. The van der Waals surface area contributed by atoms with Crippen LogP contribution < -0.4 is 0 Å². The van der Waals surface area contributed by atoms with Gasteiger partial charge < -0.3 is 10.2 Å². The van der Waals surface area contributed by atoms with Gasteiger partial charge in [0.2, 0.25) is 0 Å². The molecule has 0 bridgehead atoms. The summed E-state index contributed by atoms with van der Waals surface area (Å²) in [6, 6.07) is 15.3. The zero-order valence-electron chi connectivity index (χ0n) is 19.1. The molecule has 2 aromatic heterocycles. The fraction of sp³-hybridized carbons (Fsp3) is 0.231. The van der Waals surface area contributed by atoms with Gasteiger partial charge in [0, 0.05) is 16.0 Å². The molecule has 1 aliphatic rings. The number of aliphatic hydroxyl groups is 1. The summed E-state index contributed by atoms with van der Waals surface area (Å²) in [4.78, 5) is 17.8. The normalized spacial score (nSPS) is 14.8. The molecule has 0 unspecified atom stereocenters. The highest BCUT2D eigenvalue weighted by Crippen LogP contribution is 2.39. The quantitative estimate of drug-likeness (QED) is 0.435. The zero-order valence-corrected chi connectivity index (χ0v) is 19.9. The van der Waals surface area contributed by atoms with Gasteiger partial charge in [-0.3, -0.25) is 14.4 Å². The van der Waals surface area contributed by atoms with Crippen LogP contribution in [0.1, 0.15) is 51.2 Å². The van der Waals surface area contributed by atoms with Crippen LogP contribution in [-0.4, -0.2) is 36.7 Å². The summed E-state index contributed by atoms with van der Waals surface area (Å²) in [7, 11) is 0. The average Bonchev–Trinajstić information content (AvgIpc) is 3.31. The van der Waals surface area contributed by atoms with Crippen molar-refractivity contribution in [3.05, 3.63) is 87.3 Å². The van der Waals surface area contributed by atoms with Gasteiger partial charge in [0.05, 0.1) is 18.7 Å². The largest absolute Gasteiger partial charge is 0.481 e. The lowest BCUT2D eigenvalue weighted by atomic mass is 9.96. The van der Waals surface area contributed by atoms with Gasteiger partial charge in [0.25, 0.3) is 0 Å². The van der Waals surface area contributed by atoms with Crippen molar-refractivity contribution >= 4 is 23.0 Å². The average molecular weight is 473 g/mol. The van der Waals surface area contributed by atoms with Gasteiger partial charge >= 0.3 is 5.97 Å². The SMILES string of the molecule is Cc1sc2c(c1C)C(c1ccc(-c3cccc(CO)c3)cc1)=N[C@@H](CC(=O)O)c1nnc(C)n1-2. The number of carbonyl (C=O) groups is 1. The second-order valence-electron chi connectivity index (χ2n) is 8.43. The molecule has 0 fully saturated rings. The maximum atomic E-state index is 11.7. The van der Waals surface area contributed by atoms with E-state index in [9.17, 15) is 15.0 Å². The van der Waals surface area contributed by atoms with Crippen LogP contribution in [0.15, 0.2) is 53.5 Å². The van der Waals surface area contributed by atoms with E-state index in [1.54, 1.807) is 11.3 Å². The van der Waals surface area contributed by atoms with Crippen molar-refractivity contribution in [1.82, 2.24) is 14.8 Å². The molecule has 0 saturated heterocycles. The smallest absolute Gasteiger partial charge is 0.306 e. The maximum Gasteiger partial charge on any atom is 0.306 e. The highest BCUT2D eigenvalue weighted by atomic mass is 32.1. The summed E-state index contributed by atoms with van der Waals surface area (Å²) >= 11 is 1.65. The molecule has 1 aliphatic heterocycles. The Hall–Kier alpha value is -3.62. The molecule has 5 rings (SSSR count). The van der Waals surface area contributed by atoms with Crippen molar-refractivity contribution in [2.75, 3.05) is 0 Å². The molecule has 8 heteroatoms. The third-order valence-electron chi connectivity index (χ3n) is 6.21. The van der Waals surface area contributed by atoms with Crippen LogP contribution in [0.3, 0.4) is 0 Å². The summed E-state index contributed by atoms with van der Waals surface area (Å²) in [5, 5.41) is 28.6. The van der Waals surface area contributed by atoms with E-state index in [4.69, 9.17) is 4.99 Å². The third kappa shape index (κ3) is 3.74. The Morgan fingerprint density at radius 1 is 1.03 bits per heavy atom. The summed E-state index contributed by atoms with van der Waals surface area (Å²) in [6.45, 7) is 6.03. The van der Waals surface area contributed by atoms with Crippen molar-refractivity contribution in [1.29, 1.82) is 0 Å². The number of hydrogen-bond donors (Lipinski definition) is 2. The molecule has 0 radical (unpaired) electrons. The Morgan fingerprint density at radius 2 is 1.76 bits per heavy atom. The molecule has 172 valence electrons. The van der Waals surface area contributed by atoms with Crippen molar-refractivity contribution < 1.29 is 15.0 Å². The molecule has 0 saturated carbocycles. The van der Waals surface area contributed by atoms with E-state index in [1.807, 2.05) is 60.0 Å². The standard InChI is InChI=1S/C26H24N4O3S/c1-14-15(2)34-26-23(14)24(27-21(12-22(32)33)25-29-28-16(3)30(25)26)19-9-7-18(8-10-19)20-6-4-5-17(11-20)13-31/h4-11,21,31H,12-13H2,1-3H3,(H,32,33)/t21-/m0/s1. The van der Waals surface area contributed by atoms with Crippen LogP contribution in [0.2, 0.25) is 0 Å². The number of thiophene rings is 1. The number of rotatable bonds is 5. The highest BCUT2D eigenvalue weighted by Gasteiger charge is 2.32. The van der Waals surface area contributed by atoms with Gasteiger partial charge in [-0.15, -0.1) is 21.5 Å². The van der Waals surface area contributed by atoms with Crippen LogP contribution in [-0.2, 0) is 11.4 Å². The number of nitrogens with zero attached hydrogens (tertiary/aromatic N) is 4. The molecule has 4 aromatic rings. The number of aliphatic imine (C=N–C) groups is 1. The van der Waals surface area contributed by atoms with Crippen molar-refractivity contribution in [3.8, 4) is 16.1 Å². The Bertz CT molecular complexity index is 1430. The summed E-state index contributed by atoms with van der Waals surface area (Å²) in [5.74, 6) is 0.330. The minimum absolute atomic E-state index is 0.00361. The lowest BCUT2D eigenvalue weighted by Gasteiger charge is -2.11. The Balaban J connectivity index is 1.66. The fourth-order valence-corrected chi connectivity index (χ4v) is 5.57. The molecular weight excluding hydrogens is 448 g/mol. The van der Waals surface area contributed by atoms with Gasteiger partial charge in [-0.05, 0) is 49.1 Å².